The minimum absolute atomic E-state index is 0.256. The maximum Gasteiger partial charge on any atom is 0.329 e. The van der Waals surface area contributed by atoms with Gasteiger partial charge in [-0.2, -0.15) is 0 Å². The van der Waals surface area contributed by atoms with Gasteiger partial charge in [0.1, 0.15) is 6.04 Å². The highest BCUT2D eigenvalue weighted by Gasteiger charge is 2.48. The molecule has 0 radical (unpaired) electrons. The summed E-state index contributed by atoms with van der Waals surface area (Å²) in [6, 6.07) is -0.660. The second-order valence-electron chi connectivity index (χ2n) is 5.93. The molecule has 0 N–H and O–H groups in total. The third-order valence-corrected chi connectivity index (χ3v) is 5.15. The summed E-state index contributed by atoms with van der Waals surface area (Å²) in [7, 11) is 0. The molecule has 0 saturated carbocycles. The lowest BCUT2D eigenvalue weighted by atomic mass is 10.1. The second kappa shape index (κ2) is 8.56. The number of carbonyl (C=O) groups excluding carboxylic acids is 3. The zero-order chi connectivity index (χ0) is 16.8. The van der Waals surface area contributed by atoms with Crippen LogP contribution in [0.15, 0.2) is 0 Å². The summed E-state index contributed by atoms with van der Waals surface area (Å²) >= 11 is 1.50. The number of unbranched alkanes of at least 4 members (excludes halogenated alkanes) is 3. The van der Waals surface area contributed by atoms with Gasteiger partial charge in [0.15, 0.2) is 0 Å². The van der Waals surface area contributed by atoms with E-state index in [9.17, 15) is 14.4 Å². The first kappa shape index (κ1) is 19.0. The lowest BCUT2D eigenvalue weighted by Gasteiger charge is -2.33. The molecule has 1 heterocycles. The van der Waals surface area contributed by atoms with Crippen LogP contribution in [0, 0.1) is 0 Å². The normalized spacial score (nSPS) is 20.0. The summed E-state index contributed by atoms with van der Waals surface area (Å²) in [5, 5.41) is 0. The predicted molar refractivity (Wildman–Crippen MR) is 87.6 cm³/mol. The van der Waals surface area contributed by atoms with Gasteiger partial charge < -0.3 is 9.64 Å². The Labute approximate surface area is 137 Å². The highest BCUT2D eigenvalue weighted by atomic mass is 32.2. The molecule has 0 aromatic heterocycles. The van der Waals surface area contributed by atoms with Crippen molar-refractivity contribution in [3.8, 4) is 0 Å². The smallest absolute Gasteiger partial charge is 0.329 e. The van der Waals surface area contributed by atoms with Crippen LogP contribution in [0.5, 0.6) is 0 Å². The molecule has 0 aromatic rings. The number of thioether (sulfide) groups is 1. The SMILES string of the molecule is CCCCCCC(=O)C(=O)N1[C@H](C(=O)OCC)CSC1(C)C. The fraction of sp³-hybridized carbons (Fsp3) is 0.812. The van der Waals surface area contributed by atoms with E-state index >= 15 is 0 Å². The van der Waals surface area contributed by atoms with Crippen molar-refractivity contribution in [1.82, 2.24) is 4.90 Å². The third-order valence-electron chi connectivity index (χ3n) is 3.76. The van der Waals surface area contributed by atoms with Crippen molar-refractivity contribution in [3.05, 3.63) is 0 Å². The van der Waals surface area contributed by atoms with Crippen molar-refractivity contribution in [2.45, 2.75) is 70.7 Å². The predicted octanol–water partition coefficient (Wildman–Crippen LogP) is 2.77. The average Bonchev–Trinajstić information content (AvgIpc) is 2.78. The Hall–Kier alpha value is -1.04. The minimum Gasteiger partial charge on any atom is -0.464 e. The Morgan fingerprint density at radius 3 is 2.45 bits per heavy atom. The standard InChI is InChI=1S/C16H27NO4S/c1-5-7-8-9-10-13(18)14(19)17-12(15(20)21-6-2)11-22-16(17,3)4/h12H,5-11H2,1-4H3/t12-/m0/s1. The van der Waals surface area contributed by atoms with Gasteiger partial charge in [-0.1, -0.05) is 26.2 Å². The molecule has 0 aliphatic carbocycles. The van der Waals surface area contributed by atoms with Gasteiger partial charge in [-0.05, 0) is 27.2 Å². The van der Waals surface area contributed by atoms with Gasteiger partial charge in [-0.25, -0.2) is 4.79 Å². The molecular weight excluding hydrogens is 302 g/mol. The van der Waals surface area contributed by atoms with Gasteiger partial charge in [0, 0.05) is 12.2 Å². The number of Topliss-reactive ketones (excluding diaryl/α,β-unsaturated/α-hetero) is 1. The quantitative estimate of drug-likeness (QED) is 0.389. The van der Waals surface area contributed by atoms with Crippen molar-refractivity contribution >= 4 is 29.4 Å². The Bertz CT molecular complexity index is 422. The topological polar surface area (TPSA) is 63.7 Å². The molecule has 1 aliphatic rings. The molecule has 22 heavy (non-hydrogen) atoms. The summed E-state index contributed by atoms with van der Waals surface area (Å²) in [5.74, 6) is -0.904. The summed E-state index contributed by atoms with van der Waals surface area (Å²) in [6.45, 7) is 7.82. The monoisotopic (exact) mass is 329 g/mol. The largest absolute Gasteiger partial charge is 0.464 e. The Morgan fingerprint density at radius 2 is 1.86 bits per heavy atom. The van der Waals surface area contributed by atoms with Crippen LogP contribution in [0.1, 0.15) is 59.8 Å². The first-order valence-corrected chi connectivity index (χ1v) is 9.00. The Morgan fingerprint density at radius 1 is 1.18 bits per heavy atom. The average molecular weight is 329 g/mol. The molecule has 0 spiro atoms. The van der Waals surface area contributed by atoms with Crippen LogP contribution in [-0.2, 0) is 19.1 Å². The van der Waals surface area contributed by atoms with Crippen LogP contribution in [0.4, 0.5) is 0 Å². The van der Waals surface area contributed by atoms with Crippen LogP contribution in [0.3, 0.4) is 0 Å². The van der Waals surface area contributed by atoms with Crippen molar-refractivity contribution in [2.24, 2.45) is 0 Å². The zero-order valence-electron chi connectivity index (χ0n) is 14.0. The number of nitrogens with zero attached hydrogens (tertiary/aromatic N) is 1. The fourth-order valence-corrected chi connectivity index (χ4v) is 3.75. The van der Waals surface area contributed by atoms with E-state index in [1.807, 2.05) is 13.8 Å². The first-order valence-electron chi connectivity index (χ1n) is 8.02. The summed E-state index contributed by atoms with van der Waals surface area (Å²) < 4.78 is 5.03. The maximum atomic E-state index is 12.5. The number of rotatable bonds is 8. The maximum absolute atomic E-state index is 12.5. The van der Waals surface area contributed by atoms with Crippen LogP contribution >= 0.6 is 11.8 Å². The molecule has 126 valence electrons. The number of hydrogen-bond acceptors (Lipinski definition) is 5. The Kier molecular flexibility index (Phi) is 7.39. The lowest BCUT2D eigenvalue weighted by molar-refractivity contribution is -0.157. The summed E-state index contributed by atoms with van der Waals surface area (Å²) in [4.78, 5) is 37.5. The first-order chi connectivity index (χ1) is 10.3. The number of esters is 1. The lowest BCUT2D eigenvalue weighted by Crippen LogP contribution is -2.52. The molecule has 1 amide bonds. The highest BCUT2D eigenvalue weighted by molar-refractivity contribution is 8.00. The van der Waals surface area contributed by atoms with E-state index in [-0.39, 0.29) is 13.0 Å². The molecule has 1 rings (SSSR count). The van der Waals surface area contributed by atoms with Gasteiger partial charge in [0.05, 0.1) is 11.5 Å². The molecule has 0 unspecified atom stereocenters. The van der Waals surface area contributed by atoms with Crippen LogP contribution < -0.4 is 0 Å². The zero-order valence-corrected chi connectivity index (χ0v) is 14.8. The van der Waals surface area contributed by atoms with E-state index < -0.39 is 28.6 Å². The molecule has 1 aliphatic heterocycles. The molecule has 5 nitrogen and oxygen atoms in total. The van der Waals surface area contributed by atoms with Crippen LogP contribution in [0.2, 0.25) is 0 Å². The van der Waals surface area contributed by atoms with Crippen molar-refractivity contribution < 1.29 is 19.1 Å². The number of ether oxygens (including phenoxy) is 1. The van der Waals surface area contributed by atoms with E-state index in [1.54, 1.807) is 6.92 Å². The fourth-order valence-electron chi connectivity index (χ4n) is 2.55. The van der Waals surface area contributed by atoms with Gasteiger partial charge in [0.25, 0.3) is 5.91 Å². The number of carbonyl (C=O) groups is 3. The van der Waals surface area contributed by atoms with Crippen molar-refractivity contribution in [3.63, 3.8) is 0 Å². The molecule has 0 bridgehead atoms. The number of ketones is 1. The van der Waals surface area contributed by atoms with E-state index in [0.717, 1.165) is 25.7 Å². The summed E-state index contributed by atoms with van der Waals surface area (Å²) in [5.41, 5.74) is 0. The molecule has 1 fully saturated rings. The van der Waals surface area contributed by atoms with Crippen molar-refractivity contribution in [1.29, 1.82) is 0 Å². The summed E-state index contributed by atoms with van der Waals surface area (Å²) in [6.07, 6.45) is 4.09. The van der Waals surface area contributed by atoms with Gasteiger partial charge in [0.2, 0.25) is 5.78 Å². The minimum atomic E-state index is -0.660. The molecule has 1 saturated heterocycles. The Balaban J connectivity index is 2.73. The molecule has 0 aromatic carbocycles. The van der Waals surface area contributed by atoms with Gasteiger partial charge >= 0.3 is 5.97 Å². The number of hydrogen-bond donors (Lipinski definition) is 0. The number of amides is 1. The van der Waals surface area contributed by atoms with E-state index in [4.69, 9.17) is 4.74 Å². The van der Waals surface area contributed by atoms with Gasteiger partial charge in [-0.3, -0.25) is 9.59 Å². The van der Waals surface area contributed by atoms with Crippen molar-refractivity contribution in [2.75, 3.05) is 12.4 Å². The molecule has 1 atom stereocenters. The van der Waals surface area contributed by atoms with Crippen LogP contribution in [-0.4, -0.2) is 45.8 Å². The van der Waals surface area contributed by atoms with E-state index in [1.165, 1.54) is 16.7 Å². The van der Waals surface area contributed by atoms with Gasteiger partial charge in [-0.15, -0.1) is 11.8 Å². The molecule has 6 heteroatoms. The van der Waals surface area contributed by atoms with E-state index in [2.05, 4.69) is 6.92 Å². The van der Waals surface area contributed by atoms with Crippen LogP contribution in [0.25, 0.3) is 0 Å². The highest BCUT2D eigenvalue weighted by Crippen LogP contribution is 2.39. The van der Waals surface area contributed by atoms with E-state index in [0.29, 0.717) is 5.75 Å². The second-order valence-corrected chi connectivity index (χ2v) is 7.56. The third kappa shape index (κ3) is 4.73. The molecular formula is C16H27NO4S.